The molecule has 0 bridgehead atoms. The maximum absolute atomic E-state index is 12.7. The van der Waals surface area contributed by atoms with Gasteiger partial charge in [-0.05, 0) is 62.1 Å². The van der Waals surface area contributed by atoms with E-state index in [4.69, 9.17) is 4.74 Å². The summed E-state index contributed by atoms with van der Waals surface area (Å²) in [6, 6.07) is 11.4. The van der Waals surface area contributed by atoms with Crippen molar-refractivity contribution in [3.8, 4) is 5.75 Å². The maximum Gasteiger partial charge on any atom is 0.222 e. The van der Waals surface area contributed by atoms with E-state index in [0.29, 0.717) is 19.5 Å². The standard InChI is InChI=1S/C24H29N3O3/c1-30-22-9-7-18(8-10-22)24(29)19-11-14-26(15-12-19)23(28)6-2-4-20-17-27-13-3-5-21(27)16-25-20/h3,5,7-10,13,17,19,25H,2,4,6,11-12,14-16H2,1H3. The number of fused-ring (bicyclic) bond motifs is 1. The zero-order valence-electron chi connectivity index (χ0n) is 17.5. The molecule has 158 valence electrons. The number of ether oxygens (including phenoxy) is 1. The first-order valence-electron chi connectivity index (χ1n) is 10.7. The number of benzene rings is 1. The molecule has 1 aromatic heterocycles. The Kier molecular flexibility index (Phi) is 6.21. The summed E-state index contributed by atoms with van der Waals surface area (Å²) >= 11 is 0. The molecule has 1 aromatic carbocycles. The SMILES string of the molecule is COc1ccc(C(=O)C2CCN(C(=O)CCCC3=Cn4cccc4CN3)CC2)cc1. The number of ketones is 1. The summed E-state index contributed by atoms with van der Waals surface area (Å²) in [5.41, 5.74) is 3.15. The highest BCUT2D eigenvalue weighted by Crippen LogP contribution is 2.24. The number of allylic oxidation sites excluding steroid dienone is 1. The van der Waals surface area contributed by atoms with Crippen LogP contribution in [0.1, 0.15) is 48.2 Å². The molecule has 0 atom stereocenters. The van der Waals surface area contributed by atoms with Crippen LogP contribution in [0, 0.1) is 5.92 Å². The van der Waals surface area contributed by atoms with Crippen molar-refractivity contribution in [3.05, 3.63) is 59.5 Å². The summed E-state index contributed by atoms with van der Waals surface area (Å²) in [6.45, 7) is 2.17. The van der Waals surface area contributed by atoms with Gasteiger partial charge in [0.05, 0.1) is 13.7 Å². The number of rotatable bonds is 7. The number of methoxy groups -OCH3 is 1. The van der Waals surface area contributed by atoms with Crippen molar-refractivity contribution in [1.82, 2.24) is 14.8 Å². The minimum atomic E-state index is -0.00481. The van der Waals surface area contributed by atoms with E-state index in [1.807, 2.05) is 35.2 Å². The summed E-state index contributed by atoms with van der Waals surface area (Å²) in [7, 11) is 1.62. The number of nitrogens with one attached hydrogen (secondary N) is 1. The zero-order chi connectivity index (χ0) is 20.9. The zero-order valence-corrected chi connectivity index (χ0v) is 17.5. The second-order valence-corrected chi connectivity index (χ2v) is 8.02. The first-order valence-corrected chi connectivity index (χ1v) is 10.7. The van der Waals surface area contributed by atoms with Crippen LogP contribution >= 0.6 is 0 Å². The number of amides is 1. The molecule has 0 aliphatic carbocycles. The van der Waals surface area contributed by atoms with E-state index in [-0.39, 0.29) is 17.6 Å². The van der Waals surface area contributed by atoms with Gasteiger partial charge in [0.15, 0.2) is 5.78 Å². The normalized spacial score (nSPS) is 16.4. The Balaban J connectivity index is 1.21. The first kappa shape index (κ1) is 20.3. The molecule has 0 spiro atoms. The Hall–Kier alpha value is -3.02. The van der Waals surface area contributed by atoms with Gasteiger partial charge in [-0.15, -0.1) is 0 Å². The van der Waals surface area contributed by atoms with E-state index in [1.54, 1.807) is 7.11 Å². The number of hydrogen-bond donors (Lipinski definition) is 1. The number of likely N-dealkylation sites (tertiary alicyclic amines) is 1. The molecule has 2 aliphatic heterocycles. The van der Waals surface area contributed by atoms with Crippen molar-refractivity contribution in [3.63, 3.8) is 0 Å². The fourth-order valence-electron chi connectivity index (χ4n) is 4.25. The van der Waals surface area contributed by atoms with Crippen LogP contribution in [0.15, 0.2) is 48.3 Å². The van der Waals surface area contributed by atoms with Crippen LogP contribution in [-0.4, -0.2) is 41.4 Å². The third-order valence-electron chi connectivity index (χ3n) is 6.09. The van der Waals surface area contributed by atoms with Crippen LogP contribution < -0.4 is 10.1 Å². The molecule has 1 saturated heterocycles. The van der Waals surface area contributed by atoms with E-state index in [9.17, 15) is 9.59 Å². The lowest BCUT2D eigenvalue weighted by molar-refractivity contribution is -0.132. The third-order valence-corrected chi connectivity index (χ3v) is 6.09. The summed E-state index contributed by atoms with van der Waals surface area (Å²) in [5.74, 6) is 1.11. The van der Waals surface area contributed by atoms with Gasteiger partial charge in [-0.25, -0.2) is 0 Å². The minimum absolute atomic E-state index is 0.00481. The molecule has 0 unspecified atom stereocenters. The maximum atomic E-state index is 12.7. The summed E-state index contributed by atoms with van der Waals surface area (Å²) in [6.07, 6.45) is 7.89. The average molecular weight is 408 g/mol. The molecule has 0 radical (unpaired) electrons. The molecule has 1 fully saturated rings. The van der Waals surface area contributed by atoms with Crippen molar-refractivity contribution in [2.75, 3.05) is 20.2 Å². The van der Waals surface area contributed by atoms with Crippen molar-refractivity contribution in [2.45, 2.75) is 38.6 Å². The lowest BCUT2D eigenvalue weighted by Gasteiger charge is -2.31. The van der Waals surface area contributed by atoms with Crippen LogP contribution in [-0.2, 0) is 11.3 Å². The second-order valence-electron chi connectivity index (χ2n) is 8.02. The highest BCUT2D eigenvalue weighted by molar-refractivity contribution is 5.98. The van der Waals surface area contributed by atoms with Crippen LogP contribution in [0.3, 0.4) is 0 Å². The number of Topliss-reactive ketones (excluding diaryl/α,β-unsaturated/α-hetero) is 1. The van der Waals surface area contributed by atoms with Crippen molar-refractivity contribution < 1.29 is 14.3 Å². The van der Waals surface area contributed by atoms with Gasteiger partial charge in [0, 0.05) is 54.8 Å². The fourth-order valence-corrected chi connectivity index (χ4v) is 4.25. The van der Waals surface area contributed by atoms with E-state index < -0.39 is 0 Å². The quantitative estimate of drug-likeness (QED) is 0.711. The van der Waals surface area contributed by atoms with Gasteiger partial charge in [0.2, 0.25) is 5.91 Å². The molecule has 4 rings (SSSR count). The van der Waals surface area contributed by atoms with Gasteiger partial charge in [-0.1, -0.05) is 0 Å². The minimum Gasteiger partial charge on any atom is -0.497 e. The van der Waals surface area contributed by atoms with E-state index in [2.05, 4.69) is 28.3 Å². The van der Waals surface area contributed by atoms with E-state index >= 15 is 0 Å². The highest BCUT2D eigenvalue weighted by atomic mass is 16.5. The fraction of sp³-hybridized carbons (Fsp3) is 0.417. The second kappa shape index (κ2) is 9.20. The van der Waals surface area contributed by atoms with Gasteiger partial charge >= 0.3 is 0 Å². The van der Waals surface area contributed by atoms with Crippen LogP contribution in [0.2, 0.25) is 0 Å². The van der Waals surface area contributed by atoms with Crippen LogP contribution in [0.25, 0.3) is 6.20 Å². The number of piperidine rings is 1. The average Bonchev–Trinajstić information content (AvgIpc) is 3.26. The molecule has 2 aliphatic rings. The van der Waals surface area contributed by atoms with Gasteiger partial charge in [-0.2, -0.15) is 0 Å². The van der Waals surface area contributed by atoms with Gasteiger partial charge in [0.1, 0.15) is 5.75 Å². The molecular formula is C24H29N3O3. The van der Waals surface area contributed by atoms with E-state index in [1.165, 1.54) is 11.4 Å². The lowest BCUT2D eigenvalue weighted by atomic mass is 9.88. The number of aromatic nitrogens is 1. The summed E-state index contributed by atoms with van der Waals surface area (Å²) in [5, 5.41) is 3.43. The smallest absolute Gasteiger partial charge is 0.222 e. The molecule has 6 nitrogen and oxygen atoms in total. The van der Waals surface area contributed by atoms with Crippen molar-refractivity contribution >= 4 is 17.9 Å². The molecule has 1 amide bonds. The Morgan fingerprint density at radius 1 is 1.13 bits per heavy atom. The van der Waals surface area contributed by atoms with Gasteiger partial charge in [-0.3, -0.25) is 9.59 Å². The summed E-state index contributed by atoms with van der Waals surface area (Å²) in [4.78, 5) is 27.2. The Labute approximate surface area is 177 Å². The Morgan fingerprint density at radius 2 is 1.90 bits per heavy atom. The number of nitrogens with zero attached hydrogens (tertiary/aromatic N) is 2. The molecule has 6 heteroatoms. The molecular weight excluding hydrogens is 378 g/mol. The lowest BCUT2D eigenvalue weighted by Crippen LogP contribution is -2.40. The Morgan fingerprint density at radius 3 is 2.63 bits per heavy atom. The molecule has 30 heavy (non-hydrogen) atoms. The van der Waals surface area contributed by atoms with Crippen molar-refractivity contribution in [2.24, 2.45) is 5.92 Å². The molecule has 0 saturated carbocycles. The summed E-state index contributed by atoms with van der Waals surface area (Å²) < 4.78 is 7.29. The van der Waals surface area contributed by atoms with Crippen LogP contribution in [0.5, 0.6) is 5.75 Å². The predicted molar refractivity (Wildman–Crippen MR) is 116 cm³/mol. The van der Waals surface area contributed by atoms with Gasteiger partial charge in [0.25, 0.3) is 0 Å². The van der Waals surface area contributed by atoms with Crippen LogP contribution in [0.4, 0.5) is 0 Å². The number of carbonyl (C=O) groups excluding carboxylic acids is 2. The highest BCUT2D eigenvalue weighted by Gasteiger charge is 2.27. The predicted octanol–water partition coefficient (Wildman–Crippen LogP) is 3.69. The van der Waals surface area contributed by atoms with Gasteiger partial charge < -0.3 is 19.5 Å². The third kappa shape index (κ3) is 4.58. The monoisotopic (exact) mass is 407 g/mol. The topological polar surface area (TPSA) is 63.6 Å². The van der Waals surface area contributed by atoms with E-state index in [0.717, 1.165) is 43.5 Å². The molecule has 3 heterocycles. The largest absolute Gasteiger partial charge is 0.497 e. The molecule has 2 aromatic rings. The first-order chi connectivity index (χ1) is 14.6. The van der Waals surface area contributed by atoms with Crippen molar-refractivity contribution in [1.29, 1.82) is 0 Å². The molecule has 1 N–H and O–H groups in total. The Bertz CT molecular complexity index is 921. The number of carbonyl (C=O) groups is 2. The number of hydrogen-bond acceptors (Lipinski definition) is 4.